The predicted octanol–water partition coefficient (Wildman–Crippen LogP) is 2.38. The molecule has 0 aromatic rings. The number of aliphatic hydroxyl groups is 1. The average Bonchev–Trinajstić information content (AvgIpc) is 2.58. The van der Waals surface area contributed by atoms with Crippen LogP contribution in [0.25, 0.3) is 0 Å². The fraction of sp³-hybridized carbons (Fsp3) is 0.714. The average molecular weight is 233 g/mol. The predicted molar refractivity (Wildman–Crippen MR) is 60.9 cm³/mol. The summed E-state index contributed by atoms with van der Waals surface area (Å²) in [6.07, 6.45) is 4.82. The van der Waals surface area contributed by atoms with Crippen molar-refractivity contribution in [1.82, 2.24) is 0 Å². The standard InChI is InChI=1S/C14H16O3/c1-7-9(15)6-10-13(2)4-3-8-5-11(16)17-12(8)14(7,10)13/h6,8,10,12H,3-5H2,1-2H3/p+1/t8-,10?,12-,13-,14?/m0/s1. The Labute approximate surface area is 101 Å². The number of allylic oxidation sites excluding steroid dienone is 1. The lowest BCUT2D eigenvalue weighted by Gasteiger charge is -2.32. The van der Waals surface area contributed by atoms with Gasteiger partial charge in [0, 0.05) is 18.3 Å². The molecule has 0 aromatic carbocycles. The maximum atomic E-state index is 11.5. The molecule has 1 saturated heterocycles. The second kappa shape index (κ2) is 2.50. The number of aliphatic hydroxyl groups excluding tert-OH is 1. The first-order valence-electron chi connectivity index (χ1n) is 6.46. The molecule has 3 aliphatic carbocycles. The minimum Gasteiger partial charge on any atom is -0.478 e. The number of hydrogen-bond donors (Lipinski definition) is 1. The Morgan fingerprint density at radius 2 is 2.29 bits per heavy atom. The molecule has 1 heterocycles. The third-order valence-electron chi connectivity index (χ3n) is 5.97. The van der Waals surface area contributed by atoms with Gasteiger partial charge in [-0.2, -0.15) is 0 Å². The number of hydrogen-bond acceptors (Lipinski definition) is 3. The van der Waals surface area contributed by atoms with Crippen molar-refractivity contribution in [2.24, 2.45) is 22.7 Å². The zero-order chi connectivity index (χ0) is 12.0. The van der Waals surface area contributed by atoms with Crippen LogP contribution in [0.2, 0.25) is 0 Å². The summed E-state index contributed by atoms with van der Waals surface area (Å²) in [7, 11) is 0. The Morgan fingerprint density at radius 3 is 3.06 bits per heavy atom. The van der Waals surface area contributed by atoms with Crippen LogP contribution >= 0.6 is 0 Å². The van der Waals surface area contributed by atoms with Gasteiger partial charge in [0.05, 0.1) is 18.8 Å². The van der Waals surface area contributed by atoms with Gasteiger partial charge in [-0.25, -0.2) is 0 Å². The summed E-state index contributed by atoms with van der Waals surface area (Å²) in [5.74, 6) is 1.13. The van der Waals surface area contributed by atoms with Crippen molar-refractivity contribution < 1.29 is 14.6 Å². The molecule has 0 amide bonds. The van der Waals surface area contributed by atoms with Crippen LogP contribution in [0.4, 0.5) is 0 Å². The van der Waals surface area contributed by atoms with E-state index < -0.39 is 0 Å². The van der Waals surface area contributed by atoms with E-state index in [0.29, 0.717) is 24.0 Å². The summed E-state index contributed by atoms with van der Waals surface area (Å²) in [6, 6.07) is 0. The lowest BCUT2D eigenvalue weighted by atomic mass is 9.69. The lowest BCUT2D eigenvalue weighted by Crippen LogP contribution is -2.37. The summed E-state index contributed by atoms with van der Waals surface area (Å²) in [5.41, 5.74) is 1.20. The molecule has 0 bridgehead atoms. The van der Waals surface area contributed by atoms with Crippen molar-refractivity contribution >= 4 is 5.97 Å². The van der Waals surface area contributed by atoms with Crippen molar-refractivity contribution in [3.05, 3.63) is 17.8 Å². The minimum absolute atomic E-state index is 0.0136. The van der Waals surface area contributed by atoms with Crippen molar-refractivity contribution in [2.45, 2.75) is 39.2 Å². The van der Waals surface area contributed by atoms with E-state index in [1.54, 1.807) is 0 Å². The summed E-state index contributed by atoms with van der Waals surface area (Å²) in [4.78, 5) is 11.5. The Bertz CT molecular complexity index is 466. The van der Waals surface area contributed by atoms with Crippen LogP contribution in [0.3, 0.4) is 0 Å². The van der Waals surface area contributed by atoms with E-state index in [1.807, 2.05) is 13.3 Å². The molecule has 1 N–H and O–H groups in total. The Balaban J connectivity index is 1.85. The molecule has 2 saturated carbocycles. The molecule has 1 aliphatic heterocycles. The Kier molecular flexibility index (Phi) is 1.45. The second-order valence-corrected chi connectivity index (χ2v) is 6.35. The summed E-state index contributed by atoms with van der Waals surface area (Å²) in [5, 5.41) is 9.92. The fourth-order valence-corrected chi connectivity index (χ4v) is 5.11. The minimum atomic E-state index is -0.0633. The molecule has 0 aromatic heterocycles. The van der Waals surface area contributed by atoms with Crippen molar-refractivity contribution in [2.75, 3.05) is 0 Å². The van der Waals surface area contributed by atoms with Gasteiger partial charge in [0.25, 0.3) is 5.76 Å². The highest BCUT2D eigenvalue weighted by Gasteiger charge is 2.90. The highest BCUT2D eigenvalue weighted by molar-refractivity contribution is 5.73. The van der Waals surface area contributed by atoms with Gasteiger partial charge < -0.3 is 9.84 Å². The van der Waals surface area contributed by atoms with Gasteiger partial charge in [-0.3, -0.25) is 4.79 Å². The van der Waals surface area contributed by atoms with E-state index in [2.05, 4.69) is 6.92 Å². The molecule has 1 spiro atoms. The normalized spacial score (nSPS) is 54.7. The van der Waals surface area contributed by atoms with Gasteiger partial charge >= 0.3 is 5.97 Å². The van der Waals surface area contributed by atoms with Crippen LogP contribution in [0.15, 0.2) is 11.3 Å². The third-order valence-corrected chi connectivity index (χ3v) is 5.97. The van der Waals surface area contributed by atoms with Crippen molar-refractivity contribution in [3.63, 3.8) is 0 Å². The van der Waals surface area contributed by atoms with Crippen LogP contribution in [-0.4, -0.2) is 17.2 Å². The molecule has 4 rings (SSSR count). The molecule has 2 unspecified atom stereocenters. The van der Waals surface area contributed by atoms with Crippen LogP contribution in [-0.2, 0) is 9.53 Å². The summed E-state index contributed by atoms with van der Waals surface area (Å²) in [6.45, 7) is 4.29. The molecule has 5 atom stereocenters. The van der Waals surface area contributed by atoms with Gasteiger partial charge in [0.15, 0.2) is 0 Å². The molecule has 0 radical (unpaired) electrons. The van der Waals surface area contributed by atoms with E-state index >= 15 is 0 Å². The number of esters is 1. The van der Waals surface area contributed by atoms with Crippen molar-refractivity contribution in [1.29, 1.82) is 0 Å². The SMILES string of the molecule is CC1=C(O)[CH+]C2C13[C@H]1OC(=O)C[C@@H]1CC[C@@]23C. The fourth-order valence-electron chi connectivity index (χ4n) is 5.11. The Hall–Kier alpha value is -1.12. The first-order valence-corrected chi connectivity index (χ1v) is 6.46. The first kappa shape index (κ1) is 9.86. The van der Waals surface area contributed by atoms with Crippen LogP contribution in [0, 0.1) is 29.1 Å². The van der Waals surface area contributed by atoms with Crippen LogP contribution in [0.1, 0.15) is 33.1 Å². The zero-order valence-corrected chi connectivity index (χ0v) is 10.2. The van der Waals surface area contributed by atoms with Gasteiger partial charge in [0.1, 0.15) is 17.1 Å². The van der Waals surface area contributed by atoms with Crippen molar-refractivity contribution in [3.8, 4) is 0 Å². The molecule has 3 nitrogen and oxygen atoms in total. The Morgan fingerprint density at radius 1 is 1.53 bits per heavy atom. The van der Waals surface area contributed by atoms with Crippen LogP contribution in [0.5, 0.6) is 0 Å². The van der Waals surface area contributed by atoms with Gasteiger partial charge in [-0.15, -0.1) is 0 Å². The molecule has 3 fully saturated rings. The quantitative estimate of drug-likeness (QED) is 0.516. The summed E-state index contributed by atoms with van der Waals surface area (Å²) >= 11 is 0. The molecular weight excluding hydrogens is 216 g/mol. The number of carbonyl (C=O) groups is 1. The topological polar surface area (TPSA) is 46.5 Å². The number of ether oxygens (including phenoxy) is 1. The zero-order valence-electron chi connectivity index (χ0n) is 10.2. The van der Waals surface area contributed by atoms with E-state index in [1.165, 1.54) is 0 Å². The molecule has 3 heteroatoms. The van der Waals surface area contributed by atoms with E-state index in [9.17, 15) is 9.90 Å². The van der Waals surface area contributed by atoms with Crippen LogP contribution < -0.4 is 0 Å². The maximum absolute atomic E-state index is 11.5. The largest absolute Gasteiger partial charge is 0.478 e. The third kappa shape index (κ3) is 0.791. The van der Waals surface area contributed by atoms with Gasteiger partial charge in [0.2, 0.25) is 0 Å². The van der Waals surface area contributed by atoms with E-state index in [0.717, 1.165) is 18.4 Å². The van der Waals surface area contributed by atoms with Gasteiger partial charge in [-0.05, 0) is 12.8 Å². The molecule has 4 aliphatic rings. The smallest absolute Gasteiger partial charge is 0.306 e. The maximum Gasteiger partial charge on any atom is 0.306 e. The first-order chi connectivity index (χ1) is 8.01. The highest BCUT2D eigenvalue weighted by atomic mass is 16.6. The number of rotatable bonds is 0. The van der Waals surface area contributed by atoms with E-state index in [4.69, 9.17) is 4.74 Å². The van der Waals surface area contributed by atoms with E-state index in [-0.39, 0.29) is 22.9 Å². The number of fused-ring (bicyclic) bond motifs is 2. The molecule has 17 heavy (non-hydrogen) atoms. The molecule has 90 valence electrons. The number of carbonyl (C=O) groups excluding carboxylic acids is 1. The van der Waals surface area contributed by atoms with Gasteiger partial charge in [-0.1, -0.05) is 6.92 Å². The summed E-state index contributed by atoms with van der Waals surface area (Å²) < 4.78 is 5.60. The lowest BCUT2D eigenvalue weighted by molar-refractivity contribution is -0.144. The monoisotopic (exact) mass is 233 g/mol. The highest BCUT2D eigenvalue weighted by Crippen LogP contribution is 2.84. The second-order valence-electron chi connectivity index (χ2n) is 6.35. The molecular formula is C14H17O3+.